The molecule has 2 amide bonds. The Balaban J connectivity index is 1.21. The number of nitrogens with one attached hydrogen (secondary N) is 2. The van der Waals surface area contributed by atoms with Crippen LogP contribution in [0.25, 0.3) is 11.0 Å². The van der Waals surface area contributed by atoms with Gasteiger partial charge in [0.25, 0.3) is 0 Å². The number of benzene rings is 1. The Bertz CT molecular complexity index is 1410. The molecule has 6 N–H and O–H groups in total. The topological polar surface area (TPSA) is 169 Å². The summed E-state index contributed by atoms with van der Waals surface area (Å²) in [4.78, 5) is 43.7. The molecular weight excluding hydrogens is 484 g/mol. The number of carbonyl (C=O) groups excluding carboxylic acids is 2. The van der Waals surface area contributed by atoms with Crippen molar-refractivity contribution in [2.45, 2.75) is 38.8 Å². The maximum atomic E-state index is 13.0. The SMILES string of the molecule is Cc1cc2ncn(CC(=O)N3CCC4(CC3)CN/C(=N\C(=O)c3nc(Cl)c(N)nc3N)N4)c2cc1C. The Hall–Kier alpha value is -3.93. The van der Waals surface area contributed by atoms with Gasteiger partial charge in [-0.05, 0) is 49.9 Å². The van der Waals surface area contributed by atoms with E-state index >= 15 is 0 Å². The smallest absolute Gasteiger partial charge is 0.302 e. The molecular formula is C23H27ClN10O2. The zero-order valence-corrected chi connectivity index (χ0v) is 20.8. The quantitative estimate of drug-likeness (QED) is 0.401. The van der Waals surface area contributed by atoms with Crippen molar-refractivity contribution < 1.29 is 9.59 Å². The van der Waals surface area contributed by atoms with Gasteiger partial charge in [-0.3, -0.25) is 9.59 Å². The molecule has 0 aliphatic carbocycles. The zero-order valence-electron chi connectivity index (χ0n) is 20.0. The first-order chi connectivity index (χ1) is 17.1. The third kappa shape index (κ3) is 4.39. The number of guanidine groups is 1. The van der Waals surface area contributed by atoms with Crippen LogP contribution in [-0.4, -0.2) is 67.4 Å². The normalized spacial score (nSPS) is 18.0. The molecule has 2 fully saturated rings. The molecule has 36 heavy (non-hydrogen) atoms. The van der Waals surface area contributed by atoms with E-state index in [0.717, 1.165) is 11.0 Å². The number of hydrogen-bond donors (Lipinski definition) is 4. The van der Waals surface area contributed by atoms with E-state index in [1.165, 1.54) is 11.1 Å². The molecule has 2 aliphatic rings. The fourth-order valence-electron chi connectivity index (χ4n) is 4.58. The van der Waals surface area contributed by atoms with Gasteiger partial charge in [-0.2, -0.15) is 4.99 Å². The number of amides is 2. The Labute approximate surface area is 212 Å². The molecule has 188 valence electrons. The predicted molar refractivity (Wildman–Crippen MR) is 137 cm³/mol. The van der Waals surface area contributed by atoms with E-state index in [0.29, 0.717) is 38.4 Å². The maximum absolute atomic E-state index is 13.0. The van der Waals surface area contributed by atoms with Crippen LogP contribution in [0.3, 0.4) is 0 Å². The molecule has 0 atom stereocenters. The van der Waals surface area contributed by atoms with Crippen molar-refractivity contribution in [2.24, 2.45) is 4.99 Å². The summed E-state index contributed by atoms with van der Waals surface area (Å²) in [5.41, 5.74) is 15.0. The first kappa shape index (κ1) is 23.8. The summed E-state index contributed by atoms with van der Waals surface area (Å²) in [6.45, 7) is 6.11. The van der Waals surface area contributed by atoms with E-state index in [-0.39, 0.29) is 40.5 Å². The van der Waals surface area contributed by atoms with E-state index in [2.05, 4.69) is 50.5 Å². The van der Waals surface area contributed by atoms with E-state index in [9.17, 15) is 9.59 Å². The molecule has 3 aromatic rings. The van der Waals surface area contributed by atoms with Crippen molar-refractivity contribution in [3.8, 4) is 0 Å². The van der Waals surface area contributed by atoms with Crippen molar-refractivity contribution in [3.05, 3.63) is 40.4 Å². The Morgan fingerprint density at radius 2 is 1.86 bits per heavy atom. The summed E-state index contributed by atoms with van der Waals surface area (Å²) in [5.74, 6) is -0.500. The lowest BCUT2D eigenvalue weighted by molar-refractivity contribution is -0.133. The standard InChI is InChI=1S/C23H27ClN10O2/c1-12-7-14-15(8-13(12)2)34(11-28-14)9-16(35)33-5-3-23(4-6-33)10-27-22(32-23)31-21(36)17-19(25)30-20(26)18(24)29-17/h7-8,11H,3-6,9-10H2,1-2H3,(H4,25,26,30)(H2,27,31,32,36). The van der Waals surface area contributed by atoms with Crippen LogP contribution in [0.15, 0.2) is 23.5 Å². The molecule has 1 spiro atoms. The highest BCUT2D eigenvalue weighted by Crippen LogP contribution is 2.26. The highest BCUT2D eigenvalue weighted by atomic mass is 35.5. The highest BCUT2D eigenvalue weighted by molar-refractivity contribution is 6.31. The minimum Gasteiger partial charge on any atom is -0.382 e. The van der Waals surface area contributed by atoms with E-state index < -0.39 is 5.91 Å². The number of anilines is 2. The van der Waals surface area contributed by atoms with Gasteiger partial charge in [0.05, 0.1) is 22.9 Å². The third-order valence-electron chi connectivity index (χ3n) is 6.91. The Kier molecular flexibility index (Phi) is 5.91. The fourth-order valence-corrected chi connectivity index (χ4v) is 4.71. The number of nitrogens with zero attached hydrogens (tertiary/aromatic N) is 6. The lowest BCUT2D eigenvalue weighted by Gasteiger charge is -2.38. The van der Waals surface area contributed by atoms with E-state index in [1.807, 2.05) is 15.5 Å². The van der Waals surface area contributed by atoms with Crippen LogP contribution in [0.4, 0.5) is 11.6 Å². The van der Waals surface area contributed by atoms with Gasteiger partial charge in [0.2, 0.25) is 5.91 Å². The van der Waals surface area contributed by atoms with Crippen LogP contribution in [0.2, 0.25) is 5.15 Å². The van der Waals surface area contributed by atoms with Crippen LogP contribution in [0.1, 0.15) is 34.5 Å². The number of likely N-dealkylation sites (tertiary alicyclic amines) is 1. The largest absolute Gasteiger partial charge is 0.382 e. The number of aromatic nitrogens is 4. The maximum Gasteiger partial charge on any atom is 0.302 e. The molecule has 0 saturated carbocycles. The number of halogens is 1. The summed E-state index contributed by atoms with van der Waals surface area (Å²) in [7, 11) is 0. The number of imidazole rings is 1. The van der Waals surface area contributed by atoms with Gasteiger partial charge < -0.3 is 31.6 Å². The number of aryl methyl sites for hydroxylation is 2. The number of rotatable bonds is 3. The second-order valence-electron chi connectivity index (χ2n) is 9.34. The van der Waals surface area contributed by atoms with Gasteiger partial charge in [-0.1, -0.05) is 11.6 Å². The molecule has 2 aromatic heterocycles. The molecule has 4 heterocycles. The first-order valence-electron chi connectivity index (χ1n) is 11.6. The average molecular weight is 511 g/mol. The highest BCUT2D eigenvalue weighted by Gasteiger charge is 2.40. The van der Waals surface area contributed by atoms with Crippen LogP contribution < -0.4 is 22.1 Å². The summed E-state index contributed by atoms with van der Waals surface area (Å²) in [5, 5.41) is 6.33. The predicted octanol–water partition coefficient (Wildman–Crippen LogP) is 1.01. The average Bonchev–Trinajstić information content (AvgIpc) is 3.40. The zero-order chi connectivity index (χ0) is 25.6. The van der Waals surface area contributed by atoms with Gasteiger partial charge in [-0.15, -0.1) is 0 Å². The Morgan fingerprint density at radius 3 is 2.61 bits per heavy atom. The summed E-state index contributed by atoms with van der Waals surface area (Å²) in [6, 6.07) is 4.12. The molecule has 5 rings (SSSR count). The number of aliphatic imine (C=N–C) groups is 1. The van der Waals surface area contributed by atoms with Crippen LogP contribution in [0, 0.1) is 13.8 Å². The molecule has 2 saturated heterocycles. The Morgan fingerprint density at radius 1 is 1.14 bits per heavy atom. The molecule has 2 aliphatic heterocycles. The summed E-state index contributed by atoms with van der Waals surface area (Å²) < 4.78 is 1.90. The summed E-state index contributed by atoms with van der Waals surface area (Å²) in [6.07, 6.45) is 3.13. The second kappa shape index (κ2) is 8.94. The van der Waals surface area contributed by atoms with Gasteiger partial charge in [0, 0.05) is 19.6 Å². The van der Waals surface area contributed by atoms with Gasteiger partial charge in [-0.25, -0.2) is 15.0 Å². The monoisotopic (exact) mass is 510 g/mol. The lowest BCUT2D eigenvalue weighted by atomic mass is 9.88. The minimum atomic E-state index is -0.681. The van der Waals surface area contributed by atoms with E-state index in [1.54, 1.807) is 6.33 Å². The number of nitrogen functional groups attached to an aromatic ring is 2. The lowest BCUT2D eigenvalue weighted by Crippen LogP contribution is -2.54. The third-order valence-corrected chi connectivity index (χ3v) is 7.19. The van der Waals surface area contributed by atoms with Gasteiger partial charge in [0.1, 0.15) is 6.54 Å². The van der Waals surface area contributed by atoms with Crippen molar-refractivity contribution in [1.29, 1.82) is 0 Å². The molecule has 1 aromatic carbocycles. The fraction of sp³-hybridized carbons (Fsp3) is 0.391. The first-order valence-corrected chi connectivity index (χ1v) is 12.0. The minimum absolute atomic E-state index is 0.0479. The van der Waals surface area contributed by atoms with Gasteiger partial charge >= 0.3 is 5.91 Å². The van der Waals surface area contributed by atoms with Crippen LogP contribution in [-0.2, 0) is 11.3 Å². The van der Waals surface area contributed by atoms with E-state index in [4.69, 9.17) is 23.1 Å². The number of carbonyl (C=O) groups is 2. The van der Waals surface area contributed by atoms with Crippen molar-refractivity contribution in [1.82, 2.24) is 35.1 Å². The van der Waals surface area contributed by atoms with Crippen molar-refractivity contribution in [2.75, 3.05) is 31.1 Å². The second-order valence-corrected chi connectivity index (χ2v) is 9.69. The van der Waals surface area contributed by atoms with Crippen molar-refractivity contribution >= 4 is 52.0 Å². The summed E-state index contributed by atoms with van der Waals surface area (Å²) >= 11 is 5.87. The van der Waals surface area contributed by atoms with Gasteiger partial charge in [0.15, 0.2) is 28.4 Å². The van der Waals surface area contributed by atoms with Crippen molar-refractivity contribution in [3.63, 3.8) is 0 Å². The van der Waals surface area contributed by atoms with Crippen LogP contribution in [0.5, 0.6) is 0 Å². The number of hydrogen-bond acceptors (Lipinski definition) is 7. The van der Waals surface area contributed by atoms with Crippen LogP contribution >= 0.6 is 11.6 Å². The molecule has 13 heteroatoms. The molecule has 0 radical (unpaired) electrons. The number of nitrogens with two attached hydrogens (primary N) is 2. The number of fused-ring (bicyclic) bond motifs is 1. The molecule has 0 unspecified atom stereocenters. The number of piperidine rings is 1. The molecule has 0 bridgehead atoms. The molecule has 12 nitrogen and oxygen atoms in total.